The number of aromatic amines is 1. The van der Waals surface area contributed by atoms with Gasteiger partial charge in [0.15, 0.2) is 0 Å². The number of nitrogens with zero attached hydrogens (tertiary/aromatic N) is 1. The van der Waals surface area contributed by atoms with Gasteiger partial charge in [-0.2, -0.15) is 5.10 Å². The molecule has 0 saturated heterocycles. The molecule has 0 saturated carbocycles. The molecule has 4 N–H and O–H groups in total. The summed E-state index contributed by atoms with van der Waals surface area (Å²) < 4.78 is 26.7. The maximum Gasteiger partial charge on any atom is 0.240 e. The summed E-state index contributed by atoms with van der Waals surface area (Å²) in [5.74, 6) is 0. The van der Waals surface area contributed by atoms with Crippen molar-refractivity contribution in [3.63, 3.8) is 0 Å². The van der Waals surface area contributed by atoms with E-state index in [1.165, 1.54) is 12.1 Å². The van der Waals surface area contributed by atoms with Crippen LogP contribution in [0.1, 0.15) is 16.8 Å². The Balaban J connectivity index is 2.14. The molecule has 0 unspecified atom stereocenters. The molecule has 8 heteroatoms. The highest BCUT2D eigenvalue weighted by Gasteiger charge is 2.14. The molecule has 0 fully saturated rings. The van der Waals surface area contributed by atoms with Gasteiger partial charge in [-0.1, -0.05) is 24.4 Å². The van der Waals surface area contributed by atoms with Gasteiger partial charge < -0.3 is 5.73 Å². The van der Waals surface area contributed by atoms with E-state index >= 15 is 0 Å². The Labute approximate surface area is 122 Å². The van der Waals surface area contributed by atoms with Gasteiger partial charge in [-0.15, -0.1) is 0 Å². The van der Waals surface area contributed by atoms with E-state index in [1.54, 1.807) is 18.3 Å². The predicted octanol–water partition coefficient (Wildman–Crippen LogP) is 0.831. The highest BCUT2D eigenvalue weighted by atomic mass is 32.2. The van der Waals surface area contributed by atoms with Crippen LogP contribution in [0.3, 0.4) is 0 Å². The number of hydrogen-bond donors (Lipinski definition) is 3. The first-order valence-electron chi connectivity index (χ1n) is 5.78. The third kappa shape index (κ3) is 3.21. The van der Waals surface area contributed by atoms with Gasteiger partial charge in [-0.3, -0.25) is 5.10 Å². The second kappa shape index (κ2) is 5.70. The first kappa shape index (κ1) is 14.6. The Morgan fingerprint density at radius 1 is 1.40 bits per heavy atom. The van der Waals surface area contributed by atoms with E-state index in [0.29, 0.717) is 5.56 Å². The van der Waals surface area contributed by atoms with Crippen LogP contribution in [0.2, 0.25) is 0 Å². The van der Waals surface area contributed by atoms with Gasteiger partial charge in [0.2, 0.25) is 10.0 Å². The van der Waals surface area contributed by atoms with Gasteiger partial charge in [0.25, 0.3) is 0 Å². The van der Waals surface area contributed by atoms with Crippen LogP contribution in [0.4, 0.5) is 0 Å². The number of thiocarbonyl (C=S) groups is 1. The van der Waals surface area contributed by atoms with Gasteiger partial charge >= 0.3 is 0 Å². The maximum absolute atomic E-state index is 12.1. The zero-order valence-electron chi connectivity index (χ0n) is 10.8. The quantitative estimate of drug-likeness (QED) is 0.710. The molecule has 0 aliphatic carbocycles. The summed E-state index contributed by atoms with van der Waals surface area (Å²) in [6, 6.07) is 6.11. The van der Waals surface area contributed by atoms with E-state index in [-0.39, 0.29) is 16.4 Å². The molecule has 0 aliphatic heterocycles. The number of hydrogen-bond acceptors (Lipinski definition) is 4. The lowest BCUT2D eigenvalue weighted by Gasteiger charge is -2.07. The summed E-state index contributed by atoms with van der Waals surface area (Å²) in [5, 5.41) is 6.59. The lowest BCUT2D eigenvalue weighted by molar-refractivity contribution is 0.581. The molecular formula is C12H14N4O2S2. The molecule has 0 spiro atoms. The number of H-pyrrole nitrogens is 1. The molecule has 0 atom stereocenters. The van der Waals surface area contributed by atoms with Crippen molar-refractivity contribution in [2.75, 3.05) is 0 Å². The lowest BCUT2D eigenvalue weighted by atomic mass is 10.2. The van der Waals surface area contributed by atoms with Crippen molar-refractivity contribution in [1.29, 1.82) is 0 Å². The number of benzene rings is 1. The Morgan fingerprint density at radius 2 is 2.05 bits per heavy atom. The number of nitrogens with two attached hydrogens (primary N) is 1. The minimum atomic E-state index is -3.57. The first-order valence-corrected chi connectivity index (χ1v) is 7.67. The molecule has 2 aromatic rings. The summed E-state index contributed by atoms with van der Waals surface area (Å²) in [6.07, 6.45) is 1.59. The minimum absolute atomic E-state index is 0.165. The fourth-order valence-corrected chi connectivity index (χ4v) is 2.75. The van der Waals surface area contributed by atoms with Crippen molar-refractivity contribution in [3.05, 3.63) is 47.3 Å². The molecule has 1 aromatic heterocycles. The third-order valence-corrected chi connectivity index (χ3v) is 4.49. The molecule has 0 amide bonds. The van der Waals surface area contributed by atoms with E-state index in [1.807, 2.05) is 6.92 Å². The Hall–Kier alpha value is -1.77. The predicted molar refractivity (Wildman–Crippen MR) is 79.7 cm³/mol. The zero-order chi connectivity index (χ0) is 14.8. The second-order valence-electron chi connectivity index (χ2n) is 4.23. The first-order chi connectivity index (χ1) is 9.40. The fourth-order valence-electron chi connectivity index (χ4n) is 1.61. The van der Waals surface area contributed by atoms with E-state index in [2.05, 4.69) is 14.9 Å². The van der Waals surface area contributed by atoms with Crippen molar-refractivity contribution in [3.8, 4) is 0 Å². The Bertz CT molecular complexity index is 720. The van der Waals surface area contributed by atoms with Crippen molar-refractivity contribution in [2.24, 2.45) is 5.73 Å². The molecule has 20 heavy (non-hydrogen) atoms. The number of sulfonamides is 1. The summed E-state index contributed by atoms with van der Waals surface area (Å²) in [4.78, 5) is 0.398. The number of aryl methyl sites for hydroxylation is 1. The van der Waals surface area contributed by atoms with Gasteiger partial charge in [0.05, 0.1) is 11.1 Å². The summed E-state index contributed by atoms with van der Waals surface area (Å²) in [6.45, 7) is 2.01. The molecular weight excluding hydrogens is 296 g/mol. The van der Waals surface area contributed by atoms with Crippen LogP contribution in [0.25, 0.3) is 0 Å². The Kier molecular flexibility index (Phi) is 4.17. The topological polar surface area (TPSA) is 101 Å². The van der Waals surface area contributed by atoms with E-state index in [0.717, 1.165) is 11.3 Å². The number of nitrogens with one attached hydrogen (secondary N) is 2. The minimum Gasteiger partial charge on any atom is -0.389 e. The molecule has 1 aromatic carbocycles. The summed E-state index contributed by atoms with van der Waals surface area (Å²) >= 11 is 4.82. The molecule has 1 heterocycles. The highest BCUT2D eigenvalue weighted by Crippen LogP contribution is 2.12. The molecule has 0 aliphatic rings. The van der Waals surface area contributed by atoms with E-state index in [9.17, 15) is 8.42 Å². The van der Waals surface area contributed by atoms with Gasteiger partial charge in [0.1, 0.15) is 4.99 Å². The average molecular weight is 310 g/mol. The van der Waals surface area contributed by atoms with Gasteiger partial charge in [-0.25, -0.2) is 13.1 Å². The number of aromatic nitrogens is 2. The Morgan fingerprint density at radius 3 is 2.55 bits per heavy atom. The monoisotopic (exact) mass is 310 g/mol. The van der Waals surface area contributed by atoms with Crippen molar-refractivity contribution >= 4 is 27.2 Å². The van der Waals surface area contributed by atoms with Crippen molar-refractivity contribution in [2.45, 2.75) is 18.4 Å². The van der Waals surface area contributed by atoms with Gasteiger partial charge in [0, 0.05) is 23.4 Å². The maximum atomic E-state index is 12.1. The van der Waals surface area contributed by atoms with Crippen LogP contribution in [-0.2, 0) is 16.6 Å². The molecule has 106 valence electrons. The molecule has 0 radical (unpaired) electrons. The zero-order valence-corrected chi connectivity index (χ0v) is 12.4. The number of rotatable bonds is 5. The van der Waals surface area contributed by atoms with Crippen LogP contribution in [0.15, 0.2) is 35.4 Å². The normalized spacial score (nSPS) is 11.4. The van der Waals surface area contributed by atoms with Crippen LogP contribution in [0, 0.1) is 6.92 Å². The molecule has 6 nitrogen and oxygen atoms in total. The van der Waals surface area contributed by atoms with Crippen LogP contribution in [-0.4, -0.2) is 23.6 Å². The summed E-state index contributed by atoms with van der Waals surface area (Å²) in [5.41, 5.74) is 7.73. The summed E-state index contributed by atoms with van der Waals surface area (Å²) in [7, 11) is -3.57. The fraction of sp³-hybridized carbons (Fsp3) is 0.167. The average Bonchev–Trinajstić information content (AvgIpc) is 2.82. The van der Waals surface area contributed by atoms with Crippen LogP contribution in [0.5, 0.6) is 0 Å². The van der Waals surface area contributed by atoms with Crippen LogP contribution >= 0.6 is 12.2 Å². The second-order valence-corrected chi connectivity index (χ2v) is 6.44. The van der Waals surface area contributed by atoms with Crippen molar-refractivity contribution in [1.82, 2.24) is 14.9 Å². The lowest BCUT2D eigenvalue weighted by Crippen LogP contribution is -2.23. The standard InChI is InChI=1S/C12H14N4O2S2/c1-8-10(6-14-16-8)7-15-20(17,18)11-4-2-9(3-5-11)12(13)19/h2-6,15H,7H2,1H3,(H2,13,19)(H,14,16). The smallest absolute Gasteiger partial charge is 0.240 e. The van der Waals surface area contributed by atoms with Gasteiger partial charge in [-0.05, 0) is 19.1 Å². The third-order valence-electron chi connectivity index (χ3n) is 2.84. The van der Waals surface area contributed by atoms with Crippen molar-refractivity contribution < 1.29 is 8.42 Å². The SMILES string of the molecule is Cc1[nH]ncc1CNS(=O)(=O)c1ccc(C(N)=S)cc1. The molecule has 2 rings (SSSR count). The highest BCUT2D eigenvalue weighted by molar-refractivity contribution is 7.89. The molecule has 0 bridgehead atoms. The largest absolute Gasteiger partial charge is 0.389 e. The van der Waals surface area contributed by atoms with E-state index in [4.69, 9.17) is 18.0 Å². The van der Waals surface area contributed by atoms with E-state index < -0.39 is 10.0 Å². The van der Waals surface area contributed by atoms with Crippen LogP contribution < -0.4 is 10.5 Å².